The van der Waals surface area contributed by atoms with Crippen molar-refractivity contribution in [3.63, 3.8) is 0 Å². The molecule has 0 aliphatic heterocycles. The van der Waals surface area contributed by atoms with Crippen molar-refractivity contribution >= 4 is 0 Å². The zero-order valence-corrected chi connectivity index (χ0v) is 10.1. The lowest BCUT2D eigenvalue weighted by atomic mass is 10.1. The topological polar surface area (TPSA) is 35.0 Å². The maximum atomic E-state index is 12.6. The standard InChI is InChI=1S/C13H11F3N2O/c1-9(19-12-5-6-17-8-18-12)10-3-2-4-11(7-10)13(14,15)16/h2-9H,1H3. The van der Waals surface area contributed by atoms with Gasteiger partial charge in [0, 0.05) is 12.3 Å². The summed E-state index contributed by atoms with van der Waals surface area (Å²) in [6.07, 6.45) is -2.07. The van der Waals surface area contributed by atoms with Gasteiger partial charge in [-0.3, -0.25) is 0 Å². The summed E-state index contributed by atoms with van der Waals surface area (Å²) in [5.41, 5.74) is -0.253. The van der Waals surface area contributed by atoms with E-state index in [1.54, 1.807) is 19.1 Å². The number of rotatable bonds is 3. The number of halogens is 3. The molecule has 1 aromatic carbocycles. The fourth-order valence-electron chi connectivity index (χ4n) is 1.57. The van der Waals surface area contributed by atoms with Crippen LogP contribution in [0.4, 0.5) is 13.2 Å². The maximum Gasteiger partial charge on any atom is 0.416 e. The predicted molar refractivity (Wildman–Crippen MR) is 62.5 cm³/mol. The van der Waals surface area contributed by atoms with Gasteiger partial charge < -0.3 is 4.74 Å². The highest BCUT2D eigenvalue weighted by Gasteiger charge is 2.30. The third-order valence-electron chi connectivity index (χ3n) is 2.54. The summed E-state index contributed by atoms with van der Waals surface area (Å²) in [4.78, 5) is 7.59. The van der Waals surface area contributed by atoms with Gasteiger partial charge in [-0.25, -0.2) is 9.97 Å². The molecule has 2 rings (SSSR count). The van der Waals surface area contributed by atoms with Crippen molar-refractivity contribution < 1.29 is 17.9 Å². The lowest BCUT2D eigenvalue weighted by Gasteiger charge is -2.15. The molecule has 0 aliphatic carbocycles. The summed E-state index contributed by atoms with van der Waals surface area (Å²) < 4.78 is 43.2. The van der Waals surface area contributed by atoms with Crippen LogP contribution in [-0.4, -0.2) is 9.97 Å². The second-order valence-electron chi connectivity index (χ2n) is 3.93. The molecular weight excluding hydrogens is 257 g/mol. The number of alkyl halides is 3. The van der Waals surface area contributed by atoms with Gasteiger partial charge in [-0.1, -0.05) is 12.1 Å². The molecule has 0 amide bonds. The van der Waals surface area contributed by atoms with E-state index < -0.39 is 17.8 Å². The Hall–Kier alpha value is -2.11. The van der Waals surface area contributed by atoms with Crippen LogP contribution in [0.3, 0.4) is 0 Å². The number of aromatic nitrogens is 2. The molecule has 100 valence electrons. The lowest BCUT2D eigenvalue weighted by molar-refractivity contribution is -0.137. The van der Waals surface area contributed by atoms with Crippen LogP contribution in [0, 0.1) is 0 Å². The smallest absolute Gasteiger partial charge is 0.416 e. The summed E-state index contributed by atoms with van der Waals surface area (Å²) in [5, 5.41) is 0. The Kier molecular flexibility index (Phi) is 3.69. The van der Waals surface area contributed by atoms with Gasteiger partial charge in [0.25, 0.3) is 0 Å². The SMILES string of the molecule is CC(Oc1ccncn1)c1cccc(C(F)(F)F)c1. The molecule has 0 fully saturated rings. The number of hydrogen-bond donors (Lipinski definition) is 0. The molecule has 0 spiro atoms. The average Bonchev–Trinajstić information content (AvgIpc) is 2.39. The summed E-state index contributed by atoms with van der Waals surface area (Å²) in [6.45, 7) is 1.66. The molecule has 1 heterocycles. The van der Waals surface area contributed by atoms with Crippen molar-refractivity contribution in [2.75, 3.05) is 0 Å². The maximum absolute atomic E-state index is 12.6. The first kappa shape index (κ1) is 13.3. The Balaban J connectivity index is 2.18. The van der Waals surface area contributed by atoms with Crippen LogP contribution in [0.5, 0.6) is 5.88 Å². The first-order valence-corrected chi connectivity index (χ1v) is 5.56. The minimum absolute atomic E-state index is 0.319. The molecular formula is C13H11F3N2O. The quantitative estimate of drug-likeness (QED) is 0.852. The minimum Gasteiger partial charge on any atom is -0.470 e. The largest absolute Gasteiger partial charge is 0.470 e. The molecule has 0 bridgehead atoms. The van der Waals surface area contributed by atoms with Crippen LogP contribution in [0.25, 0.3) is 0 Å². The van der Waals surface area contributed by atoms with Crippen molar-refractivity contribution in [2.45, 2.75) is 19.2 Å². The van der Waals surface area contributed by atoms with Crippen molar-refractivity contribution in [3.05, 3.63) is 54.0 Å². The molecule has 2 aromatic rings. The number of hydrogen-bond acceptors (Lipinski definition) is 3. The van der Waals surface area contributed by atoms with E-state index in [4.69, 9.17) is 4.74 Å². The Morgan fingerprint density at radius 3 is 2.63 bits per heavy atom. The fourth-order valence-corrected chi connectivity index (χ4v) is 1.57. The van der Waals surface area contributed by atoms with Gasteiger partial charge in [0.1, 0.15) is 12.4 Å². The van der Waals surface area contributed by atoms with Gasteiger partial charge in [-0.2, -0.15) is 13.2 Å². The van der Waals surface area contributed by atoms with E-state index in [0.29, 0.717) is 11.4 Å². The third-order valence-corrected chi connectivity index (χ3v) is 2.54. The van der Waals surface area contributed by atoms with Crippen LogP contribution < -0.4 is 4.74 Å². The van der Waals surface area contributed by atoms with Gasteiger partial charge in [0.2, 0.25) is 5.88 Å². The van der Waals surface area contributed by atoms with E-state index in [1.165, 1.54) is 18.6 Å². The molecule has 3 nitrogen and oxygen atoms in total. The highest BCUT2D eigenvalue weighted by atomic mass is 19.4. The molecule has 6 heteroatoms. The molecule has 0 N–H and O–H groups in total. The lowest BCUT2D eigenvalue weighted by Crippen LogP contribution is -2.08. The number of benzene rings is 1. The molecule has 1 unspecified atom stereocenters. The molecule has 0 saturated heterocycles. The van der Waals surface area contributed by atoms with E-state index in [-0.39, 0.29) is 0 Å². The van der Waals surface area contributed by atoms with E-state index in [0.717, 1.165) is 12.1 Å². The minimum atomic E-state index is -4.36. The monoisotopic (exact) mass is 268 g/mol. The van der Waals surface area contributed by atoms with Crippen LogP contribution in [-0.2, 0) is 6.18 Å². The molecule has 0 radical (unpaired) electrons. The van der Waals surface area contributed by atoms with E-state index in [9.17, 15) is 13.2 Å². The second kappa shape index (κ2) is 5.26. The summed E-state index contributed by atoms with van der Waals surface area (Å²) in [5.74, 6) is 0.319. The Morgan fingerprint density at radius 1 is 1.21 bits per heavy atom. The van der Waals surface area contributed by atoms with Crippen molar-refractivity contribution in [1.29, 1.82) is 0 Å². The Morgan fingerprint density at radius 2 is 2.00 bits per heavy atom. The van der Waals surface area contributed by atoms with E-state index in [2.05, 4.69) is 9.97 Å². The van der Waals surface area contributed by atoms with E-state index >= 15 is 0 Å². The predicted octanol–water partition coefficient (Wildman–Crippen LogP) is 3.64. The van der Waals surface area contributed by atoms with Gasteiger partial charge in [-0.15, -0.1) is 0 Å². The van der Waals surface area contributed by atoms with Gasteiger partial charge in [0.05, 0.1) is 5.56 Å². The molecule has 0 aliphatic rings. The average molecular weight is 268 g/mol. The first-order chi connectivity index (χ1) is 8.97. The zero-order chi connectivity index (χ0) is 13.9. The van der Waals surface area contributed by atoms with E-state index in [1.807, 2.05) is 0 Å². The highest BCUT2D eigenvalue weighted by molar-refractivity contribution is 5.27. The highest BCUT2D eigenvalue weighted by Crippen LogP contribution is 2.31. The second-order valence-corrected chi connectivity index (χ2v) is 3.93. The van der Waals surface area contributed by atoms with Gasteiger partial charge in [0.15, 0.2) is 0 Å². The van der Waals surface area contributed by atoms with Crippen molar-refractivity contribution in [2.24, 2.45) is 0 Å². The Bertz CT molecular complexity index is 543. The van der Waals surface area contributed by atoms with Crippen LogP contribution >= 0.6 is 0 Å². The Labute approximate surface area is 108 Å². The van der Waals surface area contributed by atoms with Crippen LogP contribution in [0.2, 0.25) is 0 Å². The number of nitrogens with zero attached hydrogens (tertiary/aromatic N) is 2. The van der Waals surface area contributed by atoms with Crippen LogP contribution in [0.1, 0.15) is 24.2 Å². The summed E-state index contributed by atoms with van der Waals surface area (Å²) in [6, 6.07) is 6.59. The normalized spacial score (nSPS) is 13.1. The number of ether oxygens (including phenoxy) is 1. The molecule has 1 atom stereocenters. The summed E-state index contributed by atoms with van der Waals surface area (Å²) in [7, 11) is 0. The van der Waals surface area contributed by atoms with Crippen molar-refractivity contribution in [1.82, 2.24) is 9.97 Å². The third kappa shape index (κ3) is 3.43. The fraction of sp³-hybridized carbons (Fsp3) is 0.231. The zero-order valence-electron chi connectivity index (χ0n) is 10.1. The molecule has 1 aromatic heterocycles. The van der Waals surface area contributed by atoms with Gasteiger partial charge >= 0.3 is 6.18 Å². The van der Waals surface area contributed by atoms with Gasteiger partial charge in [-0.05, 0) is 24.6 Å². The molecule has 19 heavy (non-hydrogen) atoms. The first-order valence-electron chi connectivity index (χ1n) is 5.56. The molecule has 0 saturated carbocycles. The van der Waals surface area contributed by atoms with Crippen LogP contribution in [0.15, 0.2) is 42.9 Å². The summed E-state index contributed by atoms with van der Waals surface area (Å²) >= 11 is 0. The van der Waals surface area contributed by atoms with Crippen molar-refractivity contribution in [3.8, 4) is 5.88 Å².